The van der Waals surface area contributed by atoms with E-state index in [1.54, 1.807) is 11.3 Å². The topological polar surface area (TPSA) is 95.5 Å². The van der Waals surface area contributed by atoms with E-state index < -0.39 is 0 Å². The lowest BCUT2D eigenvalue weighted by atomic mass is 9.83. The first-order valence-corrected chi connectivity index (χ1v) is 12.1. The predicted octanol–water partition coefficient (Wildman–Crippen LogP) is 3.96. The number of nitrogens with one attached hydrogen (secondary N) is 2. The first kappa shape index (κ1) is 19.8. The van der Waals surface area contributed by atoms with Crippen molar-refractivity contribution in [2.24, 2.45) is 0 Å². The second kappa shape index (κ2) is 7.90. The summed E-state index contributed by atoms with van der Waals surface area (Å²) in [5.74, 6) is 0.700. The number of fused-ring (bicyclic) bond motifs is 3. The van der Waals surface area contributed by atoms with Gasteiger partial charge in [-0.3, -0.25) is 5.10 Å². The SMILES string of the molecule is Cc1nc2c(-c3cn[nH]c3)ccc(-c3cnc(N(C)C4C[C@@H]5CCC[C@@H](C4)N5)nn3)c2s1. The molecule has 1 aromatic carbocycles. The molecule has 0 amide bonds. The first-order valence-electron chi connectivity index (χ1n) is 11.2. The Bertz CT molecular complexity index is 1220. The summed E-state index contributed by atoms with van der Waals surface area (Å²) in [5, 5.41) is 20.9. The van der Waals surface area contributed by atoms with E-state index in [0.717, 1.165) is 50.5 Å². The van der Waals surface area contributed by atoms with Gasteiger partial charge in [-0.1, -0.05) is 18.6 Å². The number of piperidine rings is 2. The number of H-pyrrole nitrogens is 1. The van der Waals surface area contributed by atoms with Crippen molar-refractivity contribution in [3.8, 4) is 22.4 Å². The Labute approximate surface area is 190 Å². The third kappa shape index (κ3) is 3.45. The number of anilines is 1. The van der Waals surface area contributed by atoms with Crippen molar-refractivity contribution in [3.05, 3.63) is 35.7 Å². The van der Waals surface area contributed by atoms with Crippen LogP contribution in [0.15, 0.2) is 30.7 Å². The van der Waals surface area contributed by atoms with Crippen molar-refractivity contribution < 1.29 is 0 Å². The smallest absolute Gasteiger partial charge is 0.245 e. The van der Waals surface area contributed by atoms with Gasteiger partial charge in [-0.05, 0) is 32.6 Å². The molecule has 0 spiro atoms. The lowest BCUT2D eigenvalue weighted by Gasteiger charge is -2.43. The molecule has 5 heterocycles. The van der Waals surface area contributed by atoms with Gasteiger partial charge in [0, 0.05) is 48.1 Å². The summed E-state index contributed by atoms with van der Waals surface area (Å²) in [6, 6.07) is 5.88. The Balaban J connectivity index is 1.30. The Kier molecular flexibility index (Phi) is 4.87. The maximum Gasteiger partial charge on any atom is 0.245 e. The average Bonchev–Trinajstić information content (AvgIpc) is 3.47. The first-order chi connectivity index (χ1) is 15.7. The Morgan fingerprint density at radius 1 is 1.06 bits per heavy atom. The zero-order chi connectivity index (χ0) is 21.7. The summed E-state index contributed by atoms with van der Waals surface area (Å²) in [5.41, 5.74) is 4.85. The summed E-state index contributed by atoms with van der Waals surface area (Å²) in [7, 11) is 2.10. The number of hydrogen-bond donors (Lipinski definition) is 2. The molecule has 2 N–H and O–H groups in total. The number of nitrogens with zero attached hydrogens (tertiary/aromatic N) is 6. The number of thiazole rings is 1. The largest absolute Gasteiger partial charge is 0.339 e. The molecule has 32 heavy (non-hydrogen) atoms. The van der Waals surface area contributed by atoms with Crippen molar-refractivity contribution in [3.63, 3.8) is 0 Å². The minimum atomic E-state index is 0.462. The van der Waals surface area contributed by atoms with Crippen molar-refractivity contribution in [2.45, 2.75) is 57.2 Å². The van der Waals surface area contributed by atoms with Crippen LogP contribution in [0, 0.1) is 6.92 Å². The van der Waals surface area contributed by atoms with E-state index in [9.17, 15) is 0 Å². The number of aryl methyl sites for hydroxylation is 1. The molecule has 0 saturated carbocycles. The summed E-state index contributed by atoms with van der Waals surface area (Å²) >= 11 is 1.67. The Morgan fingerprint density at radius 2 is 1.88 bits per heavy atom. The van der Waals surface area contributed by atoms with Gasteiger partial charge in [0.25, 0.3) is 0 Å². The highest BCUT2D eigenvalue weighted by Gasteiger charge is 2.33. The number of rotatable bonds is 4. The number of benzene rings is 1. The van der Waals surface area contributed by atoms with Crippen molar-refractivity contribution in [1.29, 1.82) is 0 Å². The molecule has 6 rings (SSSR count). The van der Waals surface area contributed by atoms with Crippen LogP contribution in [0.5, 0.6) is 0 Å². The molecule has 0 aliphatic carbocycles. The van der Waals surface area contributed by atoms with Crippen LogP contribution in [0.1, 0.15) is 37.1 Å². The summed E-state index contributed by atoms with van der Waals surface area (Å²) in [6.45, 7) is 2.03. The van der Waals surface area contributed by atoms with E-state index in [4.69, 9.17) is 9.97 Å². The van der Waals surface area contributed by atoms with E-state index in [-0.39, 0.29) is 0 Å². The van der Waals surface area contributed by atoms with Gasteiger partial charge in [0.2, 0.25) is 5.95 Å². The number of aromatic nitrogens is 6. The molecule has 8 nitrogen and oxygen atoms in total. The molecule has 2 aliphatic heterocycles. The molecule has 9 heteroatoms. The summed E-state index contributed by atoms with van der Waals surface area (Å²) in [6.07, 6.45) is 11.8. The van der Waals surface area contributed by atoms with Crippen LogP contribution in [0.4, 0.5) is 5.95 Å². The quantitative estimate of drug-likeness (QED) is 0.490. The molecule has 164 valence electrons. The van der Waals surface area contributed by atoms with Gasteiger partial charge in [0.1, 0.15) is 5.69 Å². The Hall–Kier alpha value is -2.91. The summed E-state index contributed by atoms with van der Waals surface area (Å²) in [4.78, 5) is 11.7. The molecule has 2 saturated heterocycles. The molecule has 2 aliphatic rings. The normalized spacial score (nSPS) is 22.9. The molecule has 3 aromatic heterocycles. The lowest BCUT2D eigenvalue weighted by Crippen LogP contribution is -2.54. The second-order valence-corrected chi connectivity index (χ2v) is 10.1. The minimum Gasteiger partial charge on any atom is -0.339 e. The molecule has 0 unspecified atom stereocenters. The highest BCUT2D eigenvalue weighted by atomic mass is 32.1. The fourth-order valence-electron chi connectivity index (χ4n) is 5.22. The van der Waals surface area contributed by atoms with Crippen LogP contribution in [-0.4, -0.2) is 55.5 Å². The third-order valence-corrected chi connectivity index (χ3v) is 7.84. The number of aromatic amines is 1. The molecular weight excluding hydrogens is 420 g/mol. The van der Waals surface area contributed by atoms with E-state index in [1.807, 2.05) is 25.5 Å². The maximum atomic E-state index is 4.78. The second-order valence-electron chi connectivity index (χ2n) is 8.93. The van der Waals surface area contributed by atoms with Crippen LogP contribution in [0.25, 0.3) is 32.6 Å². The molecule has 2 bridgehead atoms. The highest BCUT2D eigenvalue weighted by Crippen LogP contribution is 2.37. The minimum absolute atomic E-state index is 0.462. The third-order valence-electron chi connectivity index (χ3n) is 6.84. The van der Waals surface area contributed by atoms with Gasteiger partial charge in [-0.15, -0.1) is 21.5 Å². The van der Waals surface area contributed by atoms with Gasteiger partial charge in [-0.25, -0.2) is 9.97 Å². The van der Waals surface area contributed by atoms with E-state index in [0.29, 0.717) is 24.1 Å². The van der Waals surface area contributed by atoms with Crippen molar-refractivity contribution in [1.82, 2.24) is 35.7 Å². The van der Waals surface area contributed by atoms with Gasteiger partial charge >= 0.3 is 0 Å². The predicted molar refractivity (Wildman–Crippen MR) is 127 cm³/mol. The van der Waals surface area contributed by atoms with E-state index in [2.05, 4.69) is 49.8 Å². The van der Waals surface area contributed by atoms with Crippen LogP contribution < -0.4 is 10.2 Å². The van der Waals surface area contributed by atoms with Gasteiger partial charge in [0.05, 0.1) is 27.6 Å². The summed E-state index contributed by atoms with van der Waals surface area (Å²) < 4.78 is 1.10. The van der Waals surface area contributed by atoms with Crippen molar-refractivity contribution >= 4 is 27.5 Å². The molecule has 2 fully saturated rings. The van der Waals surface area contributed by atoms with E-state index in [1.165, 1.54) is 19.3 Å². The molecule has 2 atom stereocenters. The number of hydrogen-bond acceptors (Lipinski definition) is 8. The lowest BCUT2D eigenvalue weighted by molar-refractivity contribution is 0.218. The van der Waals surface area contributed by atoms with Gasteiger partial charge in [0.15, 0.2) is 0 Å². The standard InChI is InChI=1S/C23H26N8S/c1-13-27-21-18(14-10-25-26-11-14)6-7-19(22(21)32-13)20-12-24-23(30-29-20)31(2)17-8-15-4-3-5-16(9-17)28-15/h6-7,10-12,15-17,28H,3-5,8-9H2,1-2H3,(H,25,26)/t15-,16-/m0/s1. The molecular formula is C23H26N8S. The monoisotopic (exact) mass is 446 g/mol. The van der Waals surface area contributed by atoms with Gasteiger partial charge < -0.3 is 10.2 Å². The van der Waals surface area contributed by atoms with Crippen LogP contribution in [0.3, 0.4) is 0 Å². The maximum absolute atomic E-state index is 4.78. The van der Waals surface area contributed by atoms with Crippen LogP contribution in [0.2, 0.25) is 0 Å². The Morgan fingerprint density at radius 3 is 2.59 bits per heavy atom. The van der Waals surface area contributed by atoms with Crippen LogP contribution in [-0.2, 0) is 0 Å². The van der Waals surface area contributed by atoms with Gasteiger partial charge in [-0.2, -0.15) is 5.10 Å². The van der Waals surface area contributed by atoms with E-state index >= 15 is 0 Å². The zero-order valence-electron chi connectivity index (χ0n) is 18.2. The average molecular weight is 447 g/mol. The fraction of sp³-hybridized carbons (Fsp3) is 0.435. The fourth-order valence-corrected chi connectivity index (χ4v) is 6.18. The molecule has 4 aromatic rings. The van der Waals surface area contributed by atoms with Crippen molar-refractivity contribution in [2.75, 3.05) is 11.9 Å². The highest BCUT2D eigenvalue weighted by molar-refractivity contribution is 7.19. The van der Waals surface area contributed by atoms with Crippen LogP contribution >= 0.6 is 11.3 Å². The zero-order valence-corrected chi connectivity index (χ0v) is 19.1. The molecule has 0 radical (unpaired) electrons.